The average molecular weight is 548 g/mol. The maximum Gasteiger partial charge on any atom is 0.422 e. The predicted molar refractivity (Wildman–Crippen MR) is 129 cm³/mol. The molecular weight excluding hydrogens is 526 g/mol. The largest absolute Gasteiger partial charge is 0.467 e. The Hall–Kier alpha value is -4.16. The van der Waals surface area contributed by atoms with E-state index in [4.69, 9.17) is 4.74 Å². The molecule has 3 aromatic heterocycles. The van der Waals surface area contributed by atoms with E-state index in [0.717, 1.165) is 6.07 Å². The lowest BCUT2D eigenvalue weighted by Gasteiger charge is -2.25. The highest BCUT2D eigenvalue weighted by molar-refractivity contribution is 5.65. The summed E-state index contributed by atoms with van der Waals surface area (Å²) in [6, 6.07) is 8.58. The van der Waals surface area contributed by atoms with E-state index in [1.165, 1.54) is 35.2 Å². The first kappa shape index (κ1) is 26.4. The average Bonchev–Trinajstić information content (AvgIpc) is 3.51. The Morgan fingerprint density at radius 2 is 1.82 bits per heavy atom. The number of ether oxygens (including phenoxy) is 1. The van der Waals surface area contributed by atoms with E-state index in [9.17, 15) is 26.3 Å². The van der Waals surface area contributed by atoms with Crippen LogP contribution in [-0.2, 0) is 12.7 Å². The molecule has 39 heavy (non-hydrogen) atoms. The van der Waals surface area contributed by atoms with E-state index in [1.54, 1.807) is 36.0 Å². The first-order valence-electron chi connectivity index (χ1n) is 12.0. The molecule has 0 aliphatic carbocycles. The third-order valence-corrected chi connectivity index (χ3v) is 6.16. The summed E-state index contributed by atoms with van der Waals surface area (Å²) < 4.78 is 87.5. The van der Waals surface area contributed by atoms with Crippen LogP contribution in [0.5, 0.6) is 5.88 Å². The van der Waals surface area contributed by atoms with Crippen molar-refractivity contribution in [3.8, 4) is 11.6 Å². The first-order valence-corrected chi connectivity index (χ1v) is 12.0. The Morgan fingerprint density at radius 1 is 1.03 bits per heavy atom. The summed E-state index contributed by atoms with van der Waals surface area (Å²) in [6.07, 6.45) is -1.86. The standard InChI is InChI=1S/C26H22F6N6O/c1-16-13-37(15-33-16)21-10-8-17(34-24(21)39-14-25(27,28)29)9-11-22-35-23-19(6-4-12-38(23)36-22)18-5-2-3-7-20(18)26(30,31)32/h2-3,5,7-11,13,15,19H,4,6,12,14H2,1H3/t19-/m0/s1. The van der Waals surface area contributed by atoms with Crippen molar-refractivity contribution in [1.82, 2.24) is 29.3 Å². The van der Waals surface area contributed by atoms with E-state index in [2.05, 4.69) is 20.1 Å². The number of imidazole rings is 1. The molecule has 1 aliphatic heterocycles. The maximum absolute atomic E-state index is 13.6. The van der Waals surface area contributed by atoms with Gasteiger partial charge in [-0.3, -0.25) is 0 Å². The summed E-state index contributed by atoms with van der Waals surface area (Å²) in [5, 5.41) is 4.41. The second-order valence-corrected chi connectivity index (χ2v) is 9.05. The molecule has 0 fully saturated rings. The van der Waals surface area contributed by atoms with Gasteiger partial charge in [0.2, 0.25) is 5.88 Å². The van der Waals surface area contributed by atoms with Crippen molar-refractivity contribution in [3.63, 3.8) is 0 Å². The van der Waals surface area contributed by atoms with Gasteiger partial charge in [0.25, 0.3) is 0 Å². The lowest BCUT2D eigenvalue weighted by molar-refractivity contribution is -0.154. The third kappa shape index (κ3) is 5.96. The first-order chi connectivity index (χ1) is 18.5. The summed E-state index contributed by atoms with van der Waals surface area (Å²) in [5.41, 5.74) is 0.657. The second kappa shape index (κ2) is 10.2. The van der Waals surface area contributed by atoms with Crippen LogP contribution >= 0.6 is 0 Å². The van der Waals surface area contributed by atoms with Gasteiger partial charge in [0, 0.05) is 18.7 Å². The number of benzene rings is 1. The number of hydrogen-bond donors (Lipinski definition) is 0. The molecule has 4 aromatic rings. The molecule has 0 saturated heterocycles. The van der Waals surface area contributed by atoms with Crippen LogP contribution in [0.25, 0.3) is 17.8 Å². The molecule has 4 heterocycles. The lowest BCUT2D eigenvalue weighted by atomic mass is 9.88. The molecule has 0 spiro atoms. The highest BCUT2D eigenvalue weighted by Crippen LogP contribution is 2.40. The maximum atomic E-state index is 13.6. The fourth-order valence-electron chi connectivity index (χ4n) is 4.50. The zero-order chi connectivity index (χ0) is 27.8. The fourth-order valence-corrected chi connectivity index (χ4v) is 4.50. The quantitative estimate of drug-likeness (QED) is 0.268. The monoisotopic (exact) mass is 548 g/mol. The topological polar surface area (TPSA) is 70.7 Å². The minimum absolute atomic E-state index is 0.146. The summed E-state index contributed by atoms with van der Waals surface area (Å²) in [5.74, 6) is -0.154. The number of nitrogens with zero attached hydrogens (tertiary/aromatic N) is 6. The van der Waals surface area contributed by atoms with Crippen molar-refractivity contribution in [1.29, 1.82) is 0 Å². The molecule has 13 heteroatoms. The van der Waals surface area contributed by atoms with E-state index >= 15 is 0 Å². The van der Waals surface area contributed by atoms with Gasteiger partial charge < -0.3 is 9.30 Å². The van der Waals surface area contributed by atoms with Gasteiger partial charge >= 0.3 is 12.4 Å². The van der Waals surface area contributed by atoms with E-state index in [0.29, 0.717) is 30.9 Å². The summed E-state index contributed by atoms with van der Waals surface area (Å²) in [4.78, 5) is 12.8. The molecule has 5 rings (SSSR count). The second-order valence-electron chi connectivity index (χ2n) is 9.05. The van der Waals surface area contributed by atoms with Crippen LogP contribution < -0.4 is 4.74 Å². The number of fused-ring (bicyclic) bond motifs is 1. The smallest absolute Gasteiger partial charge is 0.422 e. The van der Waals surface area contributed by atoms with Gasteiger partial charge in [0.05, 0.1) is 23.3 Å². The van der Waals surface area contributed by atoms with Crippen LogP contribution in [0, 0.1) is 6.92 Å². The van der Waals surface area contributed by atoms with Crippen LogP contribution in [0.4, 0.5) is 26.3 Å². The zero-order valence-corrected chi connectivity index (χ0v) is 20.5. The molecule has 0 unspecified atom stereocenters. The van der Waals surface area contributed by atoms with E-state index in [1.807, 2.05) is 0 Å². The Kier molecular flexibility index (Phi) is 6.91. The molecule has 1 atom stereocenters. The summed E-state index contributed by atoms with van der Waals surface area (Å²) in [7, 11) is 0. The zero-order valence-electron chi connectivity index (χ0n) is 20.5. The van der Waals surface area contributed by atoms with Gasteiger partial charge in [-0.2, -0.15) is 31.4 Å². The van der Waals surface area contributed by atoms with E-state index < -0.39 is 30.4 Å². The van der Waals surface area contributed by atoms with Gasteiger partial charge in [0.15, 0.2) is 12.4 Å². The van der Waals surface area contributed by atoms with Gasteiger partial charge in [-0.05, 0) is 55.7 Å². The van der Waals surface area contributed by atoms with Gasteiger partial charge in [-0.1, -0.05) is 18.2 Å². The molecule has 0 amide bonds. The molecule has 7 nitrogen and oxygen atoms in total. The molecule has 1 aliphatic rings. The van der Waals surface area contributed by atoms with Crippen LogP contribution in [0.2, 0.25) is 0 Å². The predicted octanol–water partition coefficient (Wildman–Crippen LogP) is 6.22. The Morgan fingerprint density at radius 3 is 2.54 bits per heavy atom. The molecule has 1 aromatic carbocycles. The van der Waals surface area contributed by atoms with Crippen LogP contribution in [0.1, 0.15) is 52.9 Å². The van der Waals surface area contributed by atoms with Crippen molar-refractivity contribution >= 4 is 12.2 Å². The summed E-state index contributed by atoms with van der Waals surface area (Å²) in [6.45, 7) is 0.721. The Bertz CT molecular complexity index is 1500. The van der Waals surface area contributed by atoms with Crippen molar-refractivity contribution in [3.05, 3.63) is 83.1 Å². The Labute approximate surface area is 218 Å². The minimum atomic E-state index is -4.56. The van der Waals surface area contributed by atoms with Crippen LogP contribution in [-0.4, -0.2) is 42.1 Å². The minimum Gasteiger partial charge on any atom is -0.467 e. The van der Waals surface area contributed by atoms with Gasteiger partial charge in [-0.15, -0.1) is 0 Å². The molecule has 0 radical (unpaired) electrons. The fraction of sp³-hybridized carbons (Fsp3) is 0.308. The van der Waals surface area contributed by atoms with Crippen molar-refractivity contribution in [2.45, 2.75) is 44.6 Å². The SMILES string of the molecule is Cc1cn(-c2ccc(C=Cc3nc4n(n3)CCC[C@H]4c3ccccc3C(F)(F)F)nc2OCC(F)(F)F)cn1. The van der Waals surface area contributed by atoms with Crippen molar-refractivity contribution < 1.29 is 31.1 Å². The molecular formula is C26H22F6N6O. The number of hydrogen-bond acceptors (Lipinski definition) is 5. The third-order valence-electron chi connectivity index (χ3n) is 6.16. The van der Waals surface area contributed by atoms with Crippen LogP contribution in [0.15, 0.2) is 48.9 Å². The molecule has 0 N–H and O–H groups in total. The molecule has 204 valence electrons. The molecule has 0 bridgehead atoms. The summed E-state index contributed by atoms with van der Waals surface area (Å²) >= 11 is 0. The lowest BCUT2D eigenvalue weighted by Crippen LogP contribution is -2.21. The van der Waals surface area contributed by atoms with Gasteiger partial charge in [-0.25, -0.2) is 19.6 Å². The number of pyridine rings is 1. The van der Waals surface area contributed by atoms with Crippen molar-refractivity contribution in [2.75, 3.05) is 6.61 Å². The van der Waals surface area contributed by atoms with Gasteiger partial charge in [0.1, 0.15) is 11.5 Å². The van der Waals surface area contributed by atoms with Crippen LogP contribution in [0.3, 0.4) is 0 Å². The number of alkyl halides is 6. The van der Waals surface area contributed by atoms with E-state index in [-0.39, 0.29) is 28.6 Å². The number of aromatic nitrogens is 6. The number of aryl methyl sites for hydroxylation is 2. The number of halogens is 6. The normalized spacial score (nSPS) is 16.0. The Balaban J connectivity index is 1.44. The van der Waals surface area contributed by atoms with Crippen molar-refractivity contribution in [2.24, 2.45) is 0 Å². The number of rotatable bonds is 6. The molecule has 0 saturated carbocycles. The highest BCUT2D eigenvalue weighted by Gasteiger charge is 2.37. The highest BCUT2D eigenvalue weighted by atomic mass is 19.4.